The first-order valence-corrected chi connectivity index (χ1v) is 22.9. The topological polar surface area (TPSA) is 138 Å². The number of hydrogen-bond donors (Lipinski definition) is 2. The van der Waals surface area contributed by atoms with Crippen LogP contribution in [0.4, 0.5) is 11.4 Å². The molecule has 5 atom stereocenters. The molecular formula is C43H54N4O8Si. The van der Waals surface area contributed by atoms with Crippen LogP contribution in [0.25, 0.3) is 0 Å². The van der Waals surface area contributed by atoms with Crippen molar-refractivity contribution in [2.24, 2.45) is 5.92 Å². The van der Waals surface area contributed by atoms with Crippen molar-refractivity contribution in [1.29, 1.82) is 0 Å². The summed E-state index contributed by atoms with van der Waals surface area (Å²) in [4.78, 5) is 60.3. The zero-order valence-electron chi connectivity index (χ0n) is 33.1. The number of amides is 3. The van der Waals surface area contributed by atoms with Gasteiger partial charge in [-0.3, -0.25) is 19.2 Å². The molecule has 0 aromatic heterocycles. The molecule has 0 aliphatic carbocycles. The lowest BCUT2D eigenvalue weighted by Gasteiger charge is -2.39. The largest absolute Gasteiger partial charge is 0.497 e. The minimum absolute atomic E-state index is 0.0414. The first-order valence-electron chi connectivity index (χ1n) is 19.8. The summed E-state index contributed by atoms with van der Waals surface area (Å²) in [5.41, 5.74) is 2.69. The number of rotatable bonds is 12. The van der Waals surface area contributed by atoms with Gasteiger partial charge in [0.2, 0.25) is 11.8 Å². The van der Waals surface area contributed by atoms with Crippen molar-refractivity contribution >= 4 is 48.3 Å². The van der Waals surface area contributed by atoms with E-state index in [-0.39, 0.29) is 67.2 Å². The van der Waals surface area contributed by atoms with Crippen LogP contribution in [0.5, 0.6) is 5.75 Å². The van der Waals surface area contributed by atoms with Gasteiger partial charge in [0.25, 0.3) is 5.91 Å². The maximum absolute atomic E-state index is 15.3. The van der Waals surface area contributed by atoms with Crippen LogP contribution in [-0.2, 0) is 47.2 Å². The average molecular weight is 783 g/mol. The molecule has 0 radical (unpaired) electrons. The van der Waals surface area contributed by atoms with Crippen molar-refractivity contribution in [2.45, 2.75) is 82.0 Å². The fourth-order valence-electron chi connectivity index (χ4n) is 9.74. The van der Waals surface area contributed by atoms with E-state index in [9.17, 15) is 19.5 Å². The van der Waals surface area contributed by atoms with Crippen molar-refractivity contribution in [3.05, 3.63) is 83.4 Å². The third kappa shape index (κ3) is 7.03. The number of aliphatic hydroxyl groups excluding tert-OH is 1. The first-order chi connectivity index (χ1) is 26.9. The molecule has 4 aliphatic heterocycles. The number of unbranched alkanes of at least 4 members (excludes halogenated alkanes) is 1. The van der Waals surface area contributed by atoms with Crippen molar-refractivity contribution in [1.82, 2.24) is 10.2 Å². The maximum atomic E-state index is 15.3. The lowest BCUT2D eigenvalue weighted by molar-refractivity contribution is -0.151. The van der Waals surface area contributed by atoms with Gasteiger partial charge < -0.3 is 39.3 Å². The van der Waals surface area contributed by atoms with Gasteiger partial charge in [0.1, 0.15) is 5.75 Å². The summed E-state index contributed by atoms with van der Waals surface area (Å²) in [6.07, 6.45) is 1.34. The van der Waals surface area contributed by atoms with E-state index in [4.69, 9.17) is 14.2 Å². The second-order valence-electron chi connectivity index (χ2n) is 16.1. The number of carbonyl (C=O) groups is 4. The van der Waals surface area contributed by atoms with E-state index in [2.05, 4.69) is 43.5 Å². The summed E-state index contributed by atoms with van der Waals surface area (Å²) in [7, 11) is 0.435. The van der Waals surface area contributed by atoms with E-state index in [0.717, 1.165) is 22.1 Å². The van der Waals surface area contributed by atoms with E-state index in [0.29, 0.717) is 62.4 Å². The number of piperazine rings is 1. The highest BCUT2D eigenvalue weighted by Gasteiger charge is 2.66. The Morgan fingerprint density at radius 1 is 1.02 bits per heavy atom. The van der Waals surface area contributed by atoms with Crippen LogP contribution >= 0.6 is 0 Å². The molecule has 13 heteroatoms. The zero-order valence-corrected chi connectivity index (χ0v) is 34.1. The first kappa shape index (κ1) is 39.7. The second kappa shape index (κ2) is 16.1. The van der Waals surface area contributed by atoms with E-state index >= 15 is 4.79 Å². The van der Waals surface area contributed by atoms with Crippen molar-refractivity contribution in [2.75, 3.05) is 56.8 Å². The molecule has 4 aliphatic rings. The van der Waals surface area contributed by atoms with E-state index in [1.165, 1.54) is 7.11 Å². The van der Waals surface area contributed by atoms with Crippen LogP contribution in [0.3, 0.4) is 0 Å². The molecule has 1 spiro atoms. The van der Waals surface area contributed by atoms with Gasteiger partial charge in [0.05, 0.1) is 59.7 Å². The zero-order chi connectivity index (χ0) is 39.8. The SMILES string of the molecule is COC(=O)CCCCN1C(=O)[C@]2(O[C@H](CC(=O)N3Cc4ccccc4C[C@H]3CO)[C@@H]([Si](C)(C)c3ccc(OC)cc3)[C@@H]2C)c2cc(N3CCNCC3=O)ccc21. The van der Waals surface area contributed by atoms with Gasteiger partial charge in [-0.1, -0.05) is 61.6 Å². The summed E-state index contributed by atoms with van der Waals surface area (Å²) >= 11 is 0. The number of methoxy groups -OCH3 is 2. The number of carbonyl (C=O) groups excluding carboxylic acids is 4. The number of esters is 1. The number of hydrogen-bond acceptors (Lipinski definition) is 9. The predicted molar refractivity (Wildman–Crippen MR) is 216 cm³/mol. The van der Waals surface area contributed by atoms with Crippen LogP contribution in [0.1, 0.15) is 49.3 Å². The Balaban J connectivity index is 1.30. The molecule has 3 aromatic carbocycles. The highest BCUT2D eigenvalue weighted by atomic mass is 28.3. The molecular weight excluding hydrogens is 729 g/mol. The third-order valence-corrected chi connectivity index (χ3v) is 17.1. The summed E-state index contributed by atoms with van der Waals surface area (Å²) < 4.78 is 17.7. The molecule has 4 heterocycles. The summed E-state index contributed by atoms with van der Waals surface area (Å²) in [5, 5.41) is 14.8. The summed E-state index contributed by atoms with van der Waals surface area (Å²) in [6, 6.07) is 21.5. The Labute approximate surface area is 330 Å². The highest BCUT2D eigenvalue weighted by Crippen LogP contribution is 2.60. The molecule has 7 rings (SSSR count). The molecule has 56 heavy (non-hydrogen) atoms. The van der Waals surface area contributed by atoms with Crippen molar-refractivity contribution in [3.8, 4) is 5.75 Å². The summed E-state index contributed by atoms with van der Waals surface area (Å²) in [5.74, 6) is -0.278. The van der Waals surface area contributed by atoms with Crippen LogP contribution in [0.15, 0.2) is 66.7 Å². The van der Waals surface area contributed by atoms with Gasteiger partial charge in [-0.15, -0.1) is 0 Å². The number of nitrogens with zero attached hydrogens (tertiary/aromatic N) is 3. The quantitative estimate of drug-likeness (QED) is 0.159. The fourth-order valence-corrected chi connectivity index (χ4v) is 13.8. The van der Waals surface area contributed by atoms with Crippen molar-refractivity contribution in [3.63, 3.8) is 0 Å². The van der Waals surface area contributed by atoms with Gasteiger partial charge in [-0.2, -0.15) is 0 Å². The monoisotopic (exact) mass is 782 g/mol. The average Bonchev–Trinajstić information content (AvgIpc) is 3.64. The van der Waals surface area contributed by atoms with Gasteiger partial charge in [-0.25, -0.2) is 0 Å². The molecule has 3 aromatic rings. The standard InChI is InChI=1S/C43H54N4O8Si/c1-28-41(56(4,5)34-16-14-33(53-2)15-17-34)37(24-38(49)47-26-30-11-7-6-10-29(30)22-32(47)27-48)55-43(28)35-23-31(45-21-19-44-25-39(45)50)13-18-36(35)46(42(43)52)20-9-8-12-40(51)54-3/h6-7,10-11,13-18,23,28,32,37,41,44,48H,8-9,12,19-22,24-27H2,1-5H3/t28-,32-,37+,41-,43+/m0/s1. The molecule has 0 bridgehead atoms. The molecule has 2 saturated heterocycles. The van der Waals surface area contributed by atoms with Gasteiger partial charge in [0, 0.05) is 49.8 Å². The van der Waals surface area contributed by atoms with E-state index in [1.807, 2.05) is 48.5 Å². The van der Waals surface area contributed by atoms with Crippen LogP contribution in [0, 0.1) is 5.92 Å². The molecule has 0 saturated carbocycles. The van der Waals surface area contributed by atoms with Crippen LogP contribution in [0.2, 0.25) is 18.6 Å². The lowest BCUT2D eigenvalue weighted by Crippen LogP contribution is -2.52. The number of aliphatic hydroxyl groups is 1. The van der Waals surface area contributed by atoms with Gasteiger partial charge >= 0.3 is 5.97 Å². The lowest BCUT2D eigenvalue weighted by atomic mass is 9.82. The van der Waals surface area contributed by atoms with Crippen LogP contribution in [-0.4, -0.2) is 101 Å². The van der Waals surface area contributed by atoms with Crippen molar-refractivity contribution < 1.29 is 38.5 Å². The van der Waals surface area contributed by atoms with Crippen LogP contribution < -0.4 is 25.0 Å². The molecule has 2 N–H and O–H groups in total. The predicted octanol–water partition coefficient (Wildman–Crippen LogP) is 3.87. The number of anilines is 2. The van der Waals surface area contributed by atoms with Gasteiger partial charge in [-0.05, 0) is 66.3 Å². The number of nitrogens with one attached hydrogen (secondary N) is 1. The number of fused-ring (bicyclic) bond motifs is 3. The second-order valence-corrected chi connectivity index (χ2v) is 20.8. The number of ether oxygens (including phenoxy) is 3. The minimum atomic E-state index is -2.57. The normalized spacial score (nSPS) is 24.7. The molecule has 298 valence electrons. The molecule has 3 amide bonds. The number of benzene rings is 3. The highest BCUT2D eigenvalue weighted by molar-refractivity contribution is 6.91. The smallest absolute Gasteiger partial charge is 0.305 e. The third-order valence-electron chi connectivity index (χ3n) is 12.7. The Bertz CT molecular complexity index is 1970. The van der Waals surface area contributed by atoms with E-state index in [1.54, 1.807) is 21.8 Å². The minimum Gasteiger partial charge on any atom is -0.497 e. The molecule has 0 unspecified atom stereocenters. The van der Waals surface area contributed by atoms with E-state index < -0.39 is 19.8 Å². The Kier molecular flexibility index (Phi) is 11.4. The fraction of sp³-hybridized carbons (Fsp3) is 0.488. The molecule has 12 nitrogen and oxygen atoms in total. The Hall–Kier alpha value is -4.56. The molecule has 2 fully saturated rings. The van der Waals surface area contributed by atoms with Gasteiger partial charge in [0.15, 0.2) is 5.60 Å². The summed E-state index contributed by atoms with van der Waals surface area (Å²) in [6.45, 7) is 8.62. The maximum Gasteiger partial charge on any atom is 0.305 e. The Morgan fingerprint density at radius 3 is 2.46 bits per heavy atom. The Morgan fingerprint density at radius 2 is 1.77 bits per heavy atom.